The van der Waals surface area contributed by atoms with Gasteiger partial charge in [0.15, 0.2) is 0 Å². The highest BCUT2D eigenvalue weighted by Gasteiger charge is 2.10. The molecule has 4 nitrogen and oxygen atoms in total. The van der Waals surface area contributed by atoms with Crippen LogP contribution in [0.1, 0.15) is 18.9 Å². The van der Waals surface area contributed by atoms with Gasteiger partial charge in [0.2, 0.25) is 0 Å². The van der Waals surface area contributed by atoms with Crippen molar-refractivity contribution in [3.05, 3.63) is 23.8 Å². The lowest BCUT2D eigenvalue weighted by Gasteiger charge is -2.07. The maximum Gasteiger partial charge on any atom is 0.306 e. The van der Waals surface area contributed by atoms with Gasteiger partial charge in [-0.05, 0) is 36.6 Å². The molecule has 1 aromatic rings. The van der Waals surface area contributed by atoms with E-state index in [2.05, 4.69) is 0 Å². The first kappa shape index (κ1) is 11.4. The molecule has 0 radical (unpaired) electrons. The second-order valence-electron chi connectivity index (χ2n) is 3.79. The molecule has 1 rings (SSSR count). The molecule has 0 aliphatic heterocycles. The molecule has 0 saturated carbocycles. The number of carboxylic acids is 1. The van der Waals surface area contributed by atoms with Crippen LogP contribution in [0.15, 0.2) is 18.2 Å². The Balaban J connectivity index is 2.61. The van der Waals surface area contributed by atoms with E-state index in [1.807, 2.05) is 12.1 Å². The molecular formula is C11H16N2O2. The Hall–Kier alpha value is -1.71. The molecule has 0 aromatic heterocycles. The van der Waals surface area contributed by atoms with Gasteiger partial charge in [0.05, 0.1) is 5.92 Å². The summed E-state index contributed by atoms with van der Waals surface area (Å²) in [6.07, 6.45) is 1.28. The smallest absolute Gasteiger partial charge is 0.306 e. The number of nitrogens with two attached hydrogens (primary N) is 2. The highest BCUT2D eigenvalue weighted by Crippen LogP contribution is 2.17. The lowest BCUT2D eigenvalue weighted by molar-refractivity contribution is -0.141. The fraction of sp³-hybridized carbons (Fsp3) is 0.364. The Kier molecular flexibility index (Phi) is 3.55. The Labute approximate surface area is 88.9 Å². The van der Waals surface area contributed by atoms with Crippen molar-refractivity contribution < 1.29 is 9.90 Å². The summed E-state index contributed by atoms with van der Waals surface area (Å²) in [4.78, 5) is 10.6. The van der Waals surface area contributed by atoms with Gasteiger partial charge in [-0.3, -0.25) is 4.79 Å². The number of rotatable bonds is 4. The van der Waals surface area contributed by atoms with Crippen LogP contribution >= 0.6 is 0 Å². The lowest BCUT2D eigenvalue weighted by Crippen LogP contribution is -2.10. The number of hydrogen-bond donors (Lipinski definition) is 3. The van der Waals surface area contributed by atoms with Crippen molar-refractivity contribution >= 4 is 17.3 Å². The molecule has 4 heteroatoms. The molecule has 1 atom stereocenters. The summed E-state index contributed by atoms with van der Waals surface area (Å²) in [5.41, 5.74) is 13.5. The Morgan fingerprint density at radius 2 is 1.87 bits per heavy atom. The molecule has 5 N–H and O–H groups in total. The maximum atomic E-state index is 10.6. The van der Waals surface area contributed by atoms with Gasteiger partial charge in [-0.15, -0.1) is 0 Å². The van der Waals surface area contributed by atoms with Crippen LogP contribution in [0.25, 0.3) is 0 Å². The molecule has 1 unspecified atom stereocenters. The Bertz CT molecular complexity index is 343. The monoisotopic (exact) mass is 208 g/mol. The van der Waals surface area contributed by atoms with Gasteiger partial charge in [-0.2, -0.15) is 0 Å². The first-order chi connectivity index (χ1) is 6.99. The van der Waals surface area contributed by atoms with Crippen LogP contribution in [0.4, 0.5) is 11.4 Å². The topological polar surface area (TPSA) is 89.3 Å². The van der Waals surface area contributed by atoms with Gasteiger partial charge in [-0.1, -0.05) is 6.92 Å². The molecule has 0 saturated heterocycles. The van der Waals surface area contributed by atoms with E-state index in [9.17, 15) is 4.79 Å². The fourth-order valence-electron chi connectivity index (χ4n) is 1.40. The Morgan fingerprint density at radius 1 is 1.33 bits per heavy atom. The zero-order chi connectivity index (χ0) is 11.4. The average molecular weight is 208 g/mol. The largest absolute Gasteiger partial charge is 0.481 e. The molecular weight excluding hydrogens is 192 g/mol. The molecule has 15 heavy (non-hydrogen) atoms. The van der Waals surface area contributed by atoms with E-state index in [1.165, 1.54) is 0 Å². The summed E-state index contributed by atoms with van der Waals surface area (Å²) in [6, 6.07) is 5.33. The van der Waals surface area contributed by atoms with E-state index in [0.29, 0.717) is 24.2 Å². The highest BCUT2D eigenvalue weighted by molar-refractivity contribution is 5.69. The van der Waals surface area contributed by atoms with Gasteiger partial charge >= 0.3 is 5.97 Å². The first-order valence-corrected chi connectivity index (χ1v) is 4.86. The van der Waals surface area contributed by atoms with Crippen molar-refractivity contribution in [2.75, 3.05) is 11.5 Å². The van der Waals surface area contributed by atoms with Crippen LogP contribution in [0, 0.1) is 5.92 Å². The average Bonchev–Trinajstić information content (AvgIpc) is 2.12. The zero-order valence-corrected chi connectivity index (χ0v) is 8.73. The van der Waals surface area contributed by atoms with Gasteiger partial charge in [-0.25, -0.2) is 0 Å². The lowest BCUT2D eigenvalue weighted by atomic mass is 10.0. The molecule has 1 aromatic carbocycles. The Morgan fingerprint density at radius 3 is 2.33 bits per heavy atom. The number of carbonyl (C=O) groups is 1. The van der Waals surface area contributed by atoms with Crippen LogP contribution in [-0.2, 0) is 11.2 Å². The summed E-state index contributed by atoms with van der Waals surface area (Å²) in [6.45, 7) is 1.69. The van der Waals surface area contributed by atoms with E-state index in [-0.39, 0.29) is 5.92 Å². The van der Waals surface area contributed by atoms with Gasteiger partial charge in [0.1, 0.15) is 0 Å². The maximum absolute atomic E-state index is 10.6. The van der Waals surface area contributed by atoms with Gasteiger partial charge in [0.25, 0.3) is 0 Å². The minimum absolute atomic E-state index is 0.340. The van der Waals surface area contributed by atoms with Crippen molar-refractivity contribution in [3.63, 3.8) is 0 Å². The van der Waals surface area contributed by atoms with Crippen molar-refractivity contribution in [1.82, 2.24) is 0 Å². The van der Waals surface area contributed by atoms with Crippen LogP contribution in [0.5, 0.6) is 0 Å². The van der Waals surface area contributed by atoms with Crippen molar-refractivity contribution in [2.24, 2.45) is 5.92 Å². The molecule has 0 bridgehead atoms. The third-order valence-electron chi connectivity index (χ3n) is 2.33. The zero-order valence-electron chi connectivity index (χ0n) is 8.73. The van der Waals surface area contributed by atoms with Gasteiger partial charge < -0.3 is 16.6 Å². The van der Waals surface area contributed by atoms with Crippen molar-refractivity contribution in [2.45, 2.75) is 19.8 Å². The molecule has 0 heterocycles. The minimum Gasteiger partial charge on any atom is -0.481 e. The van der Waals surface area contributed by atoms with Crippen LogP contribution in [0.2, 0.25) is 0 Å². The normalized spacial score (nSPS) is 12.3. The van der Waals surface area contributed by atoms with Gasteiger partial charge in [0, 0.05) is 11.4 Å². The van der Waals surface area contributed by atoms with Crippen molar-refractivity contribution in [1.29, 1.82) is 0 Å². The molecule has 82 valence electrons. The number of aliphatic carboxylic acids is 1. The third-order valence-corrected chi connectivity index (χ3v) is 2.33. The number of anilines is 2. The summed E-state index contributed by atoms with van der Waals surface area (Å²) in [7, 11) is 0. The molecule has 0 spiro atoms. The fourth-order valence-corrected chi connectivity index (χ4v) is 1.40. The molecule has 0 amide bonds. The first-order valence-electron chi connectivity index (χ1n) is 4.86. The standard InChI is InChI=1S/C11H16N2O2/c1-7(11(14)15)2-3-8-4-9(12)6-10(13)5-8/h4-7H,2-3,12-13H2,1H3,(H,14,15). The van der Waals surface area contributed by atoms with E-state index < -0.39 is 5.97 Å². The number of hydrogen-bond acceptors (Lipinski definition) is 3. The quantitative estimate of drug-likeness (QED) is 0.654. The predicted molar refractivity (Wildman–Crippen MR) is 60.4 cm³/mol. The van der Waals surface area contributed by atoms with E-state index in [1.54, 1.807) is 13.0 Å². The van der Waals surface area contributed by atoms with Crippen LogP contribution < -0.4 is 11.5 Å². The van der Waals surface area contributed by atoms with E-state index in [0.717, 1.165) is 5.56 Å². The number of nitrogen functional groups attached to an aromatic ring is 2. The second-order valence-corrected chi connectivity index (χ2v) is 3.79. The third kappa shape index (κ3) is 3.50. The second kappa shape index (κ2) is 4.68. The molecule has 0 aliphatic carbocycles. The van der Waals surface area contributed by atoms with E-state index >= 15 is 0 Å². The predicted octanol–water partition coefficient (Wildman–Crippen LogP) is 1.50. The number of carboxylic acid groups (broad SMARTS) is 1. The summed E-state index contributed by atoms with van der Waals surface area (Å²) in [5, 5.41) is 8.72. The van der Waals surface area contributed by atoms with Crippen LogP contribution in [0.3, 0.4) is 0 Å². The molecule has 0 fully saturated rings. The van der Waals surface area contributed by atoms with Crippen LogP contribution in [-0.4, -0.2) is 11.1 Å². The van der Waals surface area contributed by atoms with Crippen molar-refractivity contribution in [3.8, 4) is 0 Å². The summed E-state index contributed by atoms with van der Waals surface area (Å²) < 4.78 is 0. The van der Waals surface area contributed by atoms with E-state index in [4.69, 9.17) is 16.6 Å². The number of aryl methyl sites for hydroxylation is 1. The SMILES string of the molecule is CC(CCc1cc(N)cc(N)c1)C(=O)O. The minimum atomic E-state index is -0.771. The number of benzene rings is 1. The molecule has 0 aliphatic rings. The summed E-state index contributed by atoms with van der Waals surface area (Å²) >= 11 is 0. The highest BCUT2D eigenvalue weighted by atomic mass is 16.4. The summed E-state index contributed by atoms with van der Waals surface area (Å²) in [5.74, 6) is -1.11.